The molecular weight excluding hydrogens is 398 g/mol. The minimum atomic E-state index is 0.223. The predicted octanol–water partition coefficient (Wildman–Crippen LogP) is 3.38. The molecule has 6 nitrogen and oxygen atoms in total. The Morgan fingerprint density at radius 1 is 1.03 bits per heavy atom. The second kappa shape index (κ2) is 12.2. The van der Waals surface area contributed by atoms with Crippen molar-refractivity contribution in [3.63, 3.8) is 0 Å². The number of rotatable bonds is 10. The highest BCUT2D eigenvalue weighted by Gasteiger charge is 2.22. The number of aliphatic imine (C=N–C) groups is 1. The van der Waals surface area contributed by atoms with E-state index >= 15 is 0 Å². The van der Waals surface area contributed by atoms with Gasteiger partial charge in [-0.1, -0.05) is 54.6 Å². The third kappa shape index (κ3) is 7.09. The van der Waals surface area contributed by atoms with Crippen LogP contribution in [0.2, 0.25) is 0 Å². The van der Waals surface area contributed by atoms with Crippen LogP contribution in [0.25, 0.3) is 0 Å². The van der Waals surface area contributed by atoms with Gasteiger partial charge in [-0.3, -0.25) is 14.7 Å². The average molecular weight is 436 g/mol. The molecule has 0 aliphatic carbocycles. The molecule has 0 fully saturated rings. The molecule has 1 atom stereocenters. The number of guanidine groups is 1. The summed E-state index contributed by atoms with van der Waals surface area (Å²) in [5.41, 5.74) is 3.87. The van der Waals surface area contributed by atoms with Crippen LogP contribution in [0.15, 0.2) is 59.6 Å². The lowest BCUT2D eigenvalue weighted by Gasteiger charge is -2.25. The molecule has 0 saturated carbocycles. The van der Waals surface area contributed by atoms with Gasteiger partial charge in [0.25, 0.3) is 0 Å². The molecule has 0 spiro atoms. The van der Waals surface area contributed by atoms with Crippen molar-refractivity contribution in [2.75, 3.05) is 27.2 Å². The van der Waals surface area contributed by atoms with Gasteiger partial charge in [0.05, 0.1) is 0 Å². The van der Waals surface area contributed by atoms with Crippen molar-refractivity contribution >= 4 is 11.9 Å². The number of fused-ring (bicyclic) bond motifs is 1. The zero-order valence-corrected chi connectivity index (χ0v) is 19.7. The molecule has 172 valence electrons. The van der Waals surface area contributed by atoms with E-state index in [0.717, 1.165) is 51.5 Å². The van der Waals surface area contributed by atoms with Gasteiger partial charge < -0.3 is 15.5 Å². The van der Waals surface area contributed by atoms with Crippen molar-refractivity contribution in [1.82, 2.24) is 20.4 Å². The standard InChI is InChI=1S/C26H37N5O/c1-21(30(3)18-22-10-5-4-6-11-22)15-17-29-26(27-2)28-16-9-14-25(32)31-19-23-12-7-8-13-24(23)20-31/h4-8,10-13,21H,9,14-20H2,1-3H3,(H2,27,28,29). The van der Waals surface area contributed by atoms with Crippen LogP contribution in [0.4, 0.5) is 0 Å². The van der Waals surface area contributed by atoms with Crippen LogP contribution in [0.1, 0.15) is 42.9 Å². The Balaban J connectivity index is 1.28. The molecule has 2 aromatic rings. The van der Waals surface area contributed by atoms with Gasteiger partial charge >= 0.3 is 0 Å². The lowest BCUT2D eigenvalue weighted by atomic mass is 10.1. The van der Waals surface area contributed by atoms with E-state index in [2.05, 4.69) is 77.0 Å². The van der Waals surface area contributed by atoms with E-state index < -0.39 is 0 Å². The maximum Gasteiger partial charge on any atom is 0.223 e. The summed E-state index contributed by atoms with van der Waals surface area (Å²) in [7, 11) is 3.95. The fourth-order valence-corrected chi connectivity index (χ4v) is 3.98. The van der Waals surface area contributed by atoms with Crippen molar-refractivity contribution in [1.29, 1.82) is 0 Å². The van der Waals surface area contributed by atoms with Gasteiger partial charge in [-0.2, -0.15) is 0 Å². The van der Waals surface area contributed by atoms with Crippen LogP contribution in [-0.4, -0.2) is 54.9 Å². The normalized spacial score (nSPS) is 14.4. The molecule has 0 saturated heterocycles. The first-order valence-corrected chi connectivity index (χ1v) is 11.6. The zero-order chi connectivity index (χ0) is 22.8. The summed E-state index contributed by atoms with van der Waals surface area (Å²) >= 11 is 0. The molecule has 1 aliphatic rings. The number of benzene rings is 2. The van der Waals surface area contributed by atoms with E-state index in [1.54, 1.807) is 7.05 Å². The van der Waals surface area contributed by atoms with Crippen molar-refractivity contribution < 1.29 is 4.79 Å². The van der Waals surface area contributed by atoms with Crippen molar-refractivity contribution in [2.24, 2.45) is 4.99 Å². The molecule has 0 aromatic heterocycles. The number of nitrogens with one attached hydrogen (secondary N) is 2. The Morgan fingerprint density at radius 3 is 2.31 bits per heavy atom. The average Bonchev–Trinajstić information content (AvgIpc) is 3.25. The maximum atomic E-state index is 12.5. The highest BCUT2D eigenvalue weighted by molar-refractivity contribution is 5.80. The Hall–Kier alpha value is -2.86. The second-order valence-electron chi connectivity index (χ2n) is 8.59. The summed E-state index contributed by atoms with van der Waals surface area (Å²) in [5.74, 6) is 1.02. The van der Waals surface area contributed by atoms with Crippen LogP contribution in [0, 0.1) is 0 Å². The van der Waals surface area contributed by atoms with Crippen LogP contribution in [0.5, 0.6) is 0 Å². The molecule has 1 amide bonds. The topological polar surface area (TPSA) is 60.0 Å². The van der Waals surface area contributed by atoms with Gasteiger partial charge in [0, 0.05) is 52.2 Å². The SMILES string of the molecule is CN=C(NCCCC(=O)N1Cc2ccccc2C1)NCCC(C)N(C)Cc1ccccc1. The summed E-state index contributed by atoms with van der Waals surface area (Å²) in [4.78, 5) is 21.1. The molecule has 32 heavy (non-hydrogen) atoms. The predicted molar refractivity (Wildman–Crippen MR) is 131 cm³/mol. The van der Waals surface area contributed by atoms with Gasteiger partial charge in [0.1, 0.15) is 0 Å². The minimum Gasteiger partial charge on any atom is -0.356 e. The van der Waals surface area contributed by atoms with E-state index in [1.165, 1.54) is 16.7 Å². The van der Waals surface area contributed by atoms with E-state index in [9.17, 15) is 4.79 Å². The summed E-state index contributed by atoms with van der Waals surface area (Å²) in [6.45, 7) is 6.26. The molecule has 3 rings (SSSR count). The molecule has 1 heterocycles. The van der Waals surface area contributed by atoms with Gasteiger partial charge in [0.15, 0.2) is 5.96 Å². The van der Waals surface area contributed by atoms with Crippen LogP contribution in [0.3, 0.4) is 0 Å². The fraction of sp³-hybridized carbons (Fsp3) is 0.462. The van der Waals surface area contributed by atoms with E-state index in [4.69, 9.17) is 0 Å². The van der Waals surface area contributed by atoms with E-state index in [0.29, 0.717) is 12.5 Å². The smallest absolute Gasteiger partial charge is 0.223 e. The van der Waals surface area contributed by atoms with Crippen LogP contribution >= 0.6 is 0 Å². The van der Waals surface area contributed by atoms with Crippen molar-refractivity contribution in [3.05, 3.63) is 71.3 Å². The molecule has 1 aliphatic heterocycles. The third-order valence-corrected chi connectivity index (χ3v) is 6.16. The number of hydrogen-bond donors (Lipinski definition) is 2. The first-order chi connectivity index (χ1) is 15.6. The number of amides is 1. The number of nitrogens with zero attached hydrogens (tertiary/aromatic N) is 3. The Kier molecular flexibility index (Phi) is 9.11. The maximum absolute atomic E-state index is 12.5. The van der Waals surface area contributed by atoms with E-state index in [-0.39, 0.29) is 5.91 Å². The molecule has 0 radical (unpaired) electrons. The number of carbonyl (C=O) groups is 1. The largest absolute Gasteiger partial charge is 0.356 e. The third-order valence-electron chi connectivity index (χ3n) is 6.16. The summed E-state index contributed by atoms with van der Waals surface area (Å²) < 4.78 is 0. The molecule has 2 aromatic carbocycles. The highest BCUT2D eigenvalue weighted by atomic mass is 16.2. The number of carbonyl (C=O) groups excluding carboxylic acids is 1. The van der Waals surface area contributed by atoms with Gasteiger partial charge in [-0.25, -0.2) is 0 Å². The first kappa shape index (κ1) is 23.8. The number of hydrogen-bond acceptors (Lipinski definition) is 3. The van der Waals surface area contributed by atoms with E-state index in [1.807, 2.05) is 17.0 Å². The van der Waals surface area contributed by atoms with Crippen LogP contribution in [-0.2, 0) is 24.4 Å². The Morgan fingerprint density at radius 2 is 1.66 bits per heavy atom. The molecule has 6 heteroatoms. The Bertz CT molecular complexity index is 858. The first-order valence-electron chi connectivity index (χ1n) is 11.6. The summed E-state index contributed by atoms with van der Waals surface area (Å²) in [6.07, 6.45) is 2.37. The summed E-state index contributed by atoms with van der Waals surface area (Å²) in [5, 5.41) is 6.72. The second-order valence-corrected chi connectivity index (χ2v) is 8.59. The van der Waals surface area contributed by atoms with Crippen molar-refractivity contribution in [3.8, 4) is 0 Å². The molecular formula is C26H37N5O. The van der Waals surface area contributed by atoms with Gasteiger partial charge in [0.2, 0.25) is 5.91 Å². The van der Waals surface area contributed by atoms with Crippen molar-refractivity contribution in [2.45, 2.75) is 51.9 Å². The minimum absolute atomic E-state index is 0.223. The summed E-state index contributed by atoms with van der Waals surface area (Å²) in [6, 6.07) is 19.3. The quantitative estimate of drug-likeness (QED) is 0.341. The monoisotopic (exact) mass is 435 g/mol. The fourth-order valence-electron chi connectivity index (χ4n) is 3.98. The van der Waals surface area contributed by atoms with Gasteiger partial charge in [-0.15, -0.1) is 0 Å². The van der Waals surface area contributed by atoms with Gasteiger partial charge in [-0.05, 0) is 43.5 Å². The molecule has 0 bridgehead atoms. The van der Waals surface area contributed by atoms with Crippen LogP contribution < -0.4 is 10.6 Å². The lowest BCUT2D eigenvalue weighted by Crippen LogP contribution is -2.40. The molecule has 1 unspecified atom stereocenters. The Labute approximate surface area is 192 Å². The lowest BCUT2D eigenvalue weighted by molar-refractivity contribution is -0.131. The zero-order valence-electron chi connectivity index (χ0n) is 19.7. The molecule has 2 N–H and O–H groups in total. The highest BCUT2D eigenvalue weighted by Crippen LogP contribution is 2.22.